The van der Waals surface area contributed by atoms with Gasteiger partial charge in [-0.2, -0.15) is 0 Å². The molecule has 184 valence electrons. The maximum absolute atomic E-state index is 13.6. The first-order valence-corrected chi connectivity index (χ1v) is 13.2. The molecule has 2 heterocycles. The lowest BCUT2D eigenvalue weighted by Gasteiger charge is -2.16. The normalized spacial score (nSPS) is 15.0. The first-order chi connectivity index (χ1) is 16.2. The van der Waals surface area contributed by atoms with E-state index in [9.17, 15) is 13.2 Å². The predicted octanol–water partition coefficient (Wildman–Crippen LogP) is 3.38. The summed E-state index contributed by atoms with van der Waals surface area (Å²) in [5, 5.41) is 7.64. The van der Waals surface area contributed by atoms with Gasteiger partial charge in [-0.25, -0.2) is 13.1 Å². The van der Waals surface area contributed by atoms with Gasteiger partial charge in [0.1, 0.15) is 11.4 Å². The second-order valence-electron chi connectivity index (χ2n) is 9.33. The number of fused-ring (bicyclic) bond motifs is 1. The molecule has 0 radical (unpaired) electrons. The lowest BCUT2D eigenvalue weighted by Crippen LogP contribution is -2.33. The summed E-state index contributed by atoms with van der Waals surface area (Å²) in [6.07, 6.45) is 4.54. The number of hydrogen-bond acceptors (Lipinski definition) is 7. The van der Waals surface area contributed by atoms with Crippen LogP contribution in [0.1, 0.15) is 43.6 Å². The number of nitrogens with one attached hydrogen (secondary N) is 3. The maximum Gasteiger partial charge on any atom is 0.271 e. The quantitative estimate of drug-likeness (QED) is 0.396. The molecule has 0 bridgehead atoms. The van der Waals surface area contributed by atoms with Crippen molar-refractivity contribution in [1.82, 2.24) is 19.8 Å². The Labute approximate surface area is 200 Å². The number of pyridine rings is 1. The zero-order valence-electron chi connectivity index (χ0n) is 20.2. The van der Waals surface area contributed by atoms with Gasteiger partial charge in [-0.15, -0.1) is 0 Å². The molecular weight excluding hydrogens is 454 g/mol. The predicted molar refractivity (Wildman–Crippen MR) is 134 cm³/mol. The third-order valence-electron chi connectivity index (χ3n) is 6.31. The van der Waals surface area contributed by atoms with Gasteiger partial charge < -0.3 is 19.7 Å². The summed E-state index contributed by atoms with van der Waals surface area (Å²) >= 11 is 0. The minimum absolute atomic E-state index is 0.0749. The number of hydrogen-bond donors (Lipinski definition) is 3. The van der Waals surface area contributed by atoms with Crippen molar-refractivity contribution in [2.75, 3.05) is 32.5 Å². The molecule has 1 saturated carbocycles. The third kappa shape index (κ3) is 5.18. The van der Waals surface area contributed by atoms with Crippen LogP contribution in [0.25, 0.3) is 22.0 Å². The molecule has 0 unspecified atom stereocenters. The molecule has 1 aliphatic carbocycles. The van der Waals surface area contributed by atoms with Crippen molar-refractivity contribution < 1.29 is 12.9 Å². The van der Waals surface area contributed by atoms with E-state index in [2.05, 4.69) is 25.1 Å². The highest BCUT2D eigenvalue weighted by atomic mass is 32.2. The van der Waals surface area contributed by atoms with Crippen LogP contribution in [0.5, 0.6) is 0 Å². The Bertz CT molecular complexity index is 1320. The molecule has 1 aromatic carbocycles. The summed E-state index contributed by atoms with van der Waals surface area (Å²) in [7, 11) is 0.155. The number of aryl methyl sites for hydroxylation is 2. The lowest BCUT2D eigenvalue weighted by atomic mass is 10.0. The second-order valence-corrected chi connectivity index (χ2v) is 11.0. The van der Waals surface area contributed by atoms with Crippen LogP contribution in [0.4, 0.5) is 5.69 Å². The third-order valence-corrected chi connectivity index (χ3v) is 7.87. The van der Waals surface area contributed by atoms with Crippen molar-refractivity contribution in [2.24, 2.45) is 0 Å². The SMILES string of the molecule is Cc1noc(C)c1-c1cc(S(=O)(=O)NC2CCCC2)c2cc(NCCCN(C)C)c(=O)[nH]c2c1. The van der Waals surface area contributed by atoms with Crippen LogP contribution in [-0.4, -0.2) is 56.7 Å². The van der Waals surface area contributed by atoms with E-state index in [0.717, 1.165) is 44.2 Å². The molecule has 34 heavy (non-hydrogen) atoms. The number of aromatic amines is 1. The van der Waals surface area contributed by atoms with Crippen LogP contribution in [-0.2, 0) is 10.0 Å². The number of sulfonamides is 1. The highest BCUT2D eigenvalue weighted by Crippen LogP contribution is 2.34. The molecule has 3 N–H and O–H groups in total. The summed E-state index contributed by atoms with van der Waals surface area (Å²) in [6.45, 7) is 5.08. The molecule has 2 aromatic heterocycles. The lowest BCUT2D eigenvalue weighted by molar-refractivity contribution is 0.393. The van der Waals surface area contributed by atoms with Crippen molar-refractivity contribution in [2.45, 2.75) is 56.9 Å². The Hall–Kier alpha value is -2.69. The average Bonchev–Trinajstić information content (AvgIpc) is 3.39. The van der Waals surface area contributed by atoms with E-state index in [1.807, 2.05) is 21.0 Å². The number of nitrogens with zero attached hydrogens (tertiary/aromatic N) is 2. The fourth-order valence-electron chi connectivity index (χ4n) is 4.62. The van der Waals surface area contributed by atoms with Crippen molar-refractivity contribution in [1.29, 1.82) is 0 Å². The van der Waals surface area contributed by atoms with E-state index >= 15 is 0 Å². The Morgan fingerprint density at radius 2 is 1.91 bits per heavy atom. The van der Waals surface area contributed by atoms with Gasteiger partial charge in [0.15, 0.2) is 0 Å². The topological polar surface area (TPSA) is 120 Å². The van der Waals surface area contributed by atoms with Crippen molar-refractivity contribution in [3.63, 3.8) is 0 Å². The van der Waals surface area contributed by atoms with Gasteiger partial charge in [-0.1, -0.05) is 18.0 Å². The number of aromatic nitrogens is 2. The first kappa shape index (κ1) is 24.4. The van der Waals surface area contributed by atoms with Gasteiger partial charge in [0.2, 0.25) is 10.0 Å². The van der Waals surface area contributed by atoms with Crippen LogP contribution in [0.3, 0.4) is 0 Å². The highest BCUT2D eigenvalue weighted by molar-refractivity contribution is 7.89. The zero-order chi connectivity index (χ0) is 24.5. The molecule has 0 atom stereocenters. The standard InChI is InChI=1S/C24H33N5O4S/c1-15-23(16(2)33-27-15)17-12-20-19(14-21(24(30)26-20)25-10-7-11-29(3)4)22(13-17)34(31,32)28-18-8-5-6-9-18/h12-14,18,25,28H,5-11H2,1-4H3,(H,26,30). The minimum Gasteiger partial charge on any atom is -0.381 e. The van der Waals surface area contributed by atoms with E-state index in [0.29, 0.717) is 40.2 Å². The van der Waals surface area contributed by atoms with Crippen molar-refractivity contribution in [3.8, 4) is 11.1 Å². The van der Waals surface area contributed by atoms with Crippen LogP contribution in [0, 0.1) is 13.8 Å². The van der Waals surface area contributed by atoms with E-state index in [4.69, 9.17) is 4.52 Å². The molecule has 0 spiro atoms. The molecular formula is C24H33N5O4S. The monoisotopic (exact) mass is 487 g/mol. The first-order valence-electron chi connectivity index (χ1n) is 11.7. The average molecular weight is 488 g/mol. The molecule has 9 nitrogen and oxygen atoms in total. The van der Waals surface area contributed by atoms with E-state index in [1.54, 1.807) is 25.1 Å². The number of benzene rings is 1. The number of H-pyrrole nitrogens is 1. The molecule has 4 rings (SSSR count). The Kier molecular flexibility index (Phi) is 7.11. The van der Waals surface area contributed by atoms with Crippen molar-refractivity contribution >= 4 is 26.6 Å². The van der Waals surface area contributed by atoms with Crippen LogP contribution in [0.2, 0.25) is 0 Å². The molecule has 1 fully saturated rings. The van der Waals surface area contributed by atoms with Crippen molar-refractivity contribution in [3.05, 3.63) is 40.0 Å². The largest absolute Gasteiger partial charge is 0.381 e. The highest BCUT2D eigenvalue weighted by Gasteiger charge is 2.26. The molecule has 3 aromatic rings. The molecule has 0 amide bonds. The molecule has 10 heteroatoms. The zero-order valence-corrected chi connectivity index (χ0v) is 21.0. The summed E-state index contributed by atoms with van der Waals surface area (Å²) in [4.78, 5) is 17.9. The number of anilines is 1. The van der Waals surface area contributed by atoms with Gasteiger partial charge in [-0.05, 0) is 77.5 Å². The van der Waals surface area contributed by atoms with Gasteiger partial charge in [0.05, 0.1) is 16.1 Å². The van der Waals surface area contributed by atoms with Crippen LogP contribution < -0.4 is 15.6 Å². The Balaban J connectivity index is 1.82. The van der Waals surface area contributed by atoms with Crippen LogP contribution >= 0.6 is 0 Å². The molecule has 0 aliphatic heterocycles. The summed E-state index contributed by atoms with van der Waals surface area (Å²) in [6, 6.07) is 5.01. The maximum atomic E-state index is 13.6. The fraction of sp³-hybridized carbons (Fsp3) is 0.500. The Morgan fingerprint density at radius 3 is 2.56 bits per heavy atom. The second kappa shape index (κ2) is 9.89. The number of rotatable bonds is 9. The van der Waals surface area contributed by atoms with E-state index in [1.165, 1.54) is 0 Å². The summed E-state index contributed by atoms with van der Waals surface area (Å²) in [5.74, 6) is 0.588. The van der Waals surface area contributed by atoms with E-state index in [-0.39, 0.29) is 16.5 Å². The molecule has 0 saturated heterocycles. The van der Waals surface area contributed by atoms with Gasteiger partial charge in [-0.3, -0.25) is 4.79 Å². The smallest absolute Gasteiger partial charge is 0.271 e. The van der Waals surface area contributed by atoms with Gasteiger partial charge >= 0.3 is 0 Å². The fourth-order valence-corrected chi connectivity index (χ4v) is 6.16. The van der Waals surface area contributed by atoms with Crippen LogP contribution in [0.15, 0.2) is 32.4 Å². The minimum atomic E-state index is -3.83. The molecule has 1 aliphatic rings. The summed E-state index contributed by atoms with van der Waals surface area (Å²) < 4.78 is 35.3. The van der Waals surface area contributed by atoms with E-state index < -0.39 is 10.0 Å². The Morgan fingerprint density at radius 1 is 1.18 bits per heavy atom. The summed E-state index contributed by atoms with van der Waals surface area (Å²) in [5.41, 5.74) is 2.54. The van der Waals surface area contributed by atoms with Gasteiger partial charge in [0, 0.05) is 23.5 Å². The van der Waals surface area contributed by atoms with Gasteiger partial charge in [0.25, 0.3) is 5.56 Å².